The summed E-state index contributed by atoms with van der Waals surface area (Å²) < 4.78 is 0. The Labute approximate surface area is 99.4 Å². The fraction of sp³-hybridized carbons (Fsp3) is 0.0625. The number of benzene rings is 2. The van der Waals surface area contributed by atoms with Crippen LogP contribution in [0.25, 0.3) is 5.57 Å². The van der Waals surface area contributed by atoms with Crippen LogP contribution < -0.4 is 0 Å². The van der Waals surface area contributed by atoms with Gasteiger partial charge in [-0.05, 0) is 16.7 Å². The predicted molar refractivity (Wildman–Crippen MR) is 66.9 cm³/mol. The first kappa shape index (κ1) is 8.94. The van der Waals surface area contributed by atoms with Crippen LogP contribution in [0.2, 0.25) is 0 Å². The quantitative estimate of drug-likeness (QED) is 0.716. The molecule has 2 aromatic rings. The van der Waals surface area contributed by atoms with Crippen molar-refractivity contribution < 1.29 is 4.79 Å². The number of allylic oxidation sites excluding steroid dienone is 2. The SMILES string of the molecule is O=C1C2=C(c3ccccc31)C2c1ccccc1. The summed E-state index contributed by atoms with van der Waals surface area (Å²) in [6.07, 6.45) is 0. The number of fused-ring (bicyclic) bond motifs is 2. The monoisotopic (exact) mass is 218 g/mol. The molecule has 0 heterocycles. The van der Waals surface area contributed by atoms with E-state index in [-0.39, 0.29) is 11.7 Å². The summed E-state index contributed by atoms with van der Waals surface area (Å²) in [5, 5.41) is 0. The zero-order chi connectivity index (χ0) is 11.4. The molecule has 2 aromatic carbocycles. The fourth-order valence-corrected chi connectivity index (χ4v) is 2.82. The Morgan fingerprint density at radius 2 is 1.35 bits per heavy atom. The Morgan fingerprint density at radius 1 is 0.706 bits per heavy atom. The number of hydrogen-bond donors (Lipinski definition) is 0. The highest BCUT2D eigenvalue weighted by atomic mass is 16.1. The second kappa shape index (κ2) is 2.95. The first-order valence-corrected chi connectivity index (χ1v) is 5.81. The number of hydrogen-bond acceptors (Lipinski definition) is 1. The van der Waals surface area contributed by atoms with Crippen LogP contribution >= 0.6 is 0 Å². The van der Waals surface area contributed by atoms with Gasteiger partial charge in [0.2, 0.25) is 0 Å². The smallest absolute Gasteiger partial charge is 0.190 e. The van der Waals surface area contributed by atoms with Crippen LogP contribution in [0.3, 0.4) is 0 Å². The normalized spacial score (nSPS) is 20.2. The number of carbonyl (C=O) groups is 1. The van der Waals surface area contributed by atoms with Gasteiger partial charge in [-0.15, -0.1) is 0 Å². The second-order valence-electron chi connectivity index (χ2n) is 4.55. The average Bonchev–Trinajstić information content (AvgIpc) is 3.07. The number of carbonyl (C=O) groups excluding carboxylic acids is 1. The topological polar surface area (TPSA) is 17.1 Å². The van der Waals surface area contributed by atoms with Crippen molar-refractivity contribution in [3.05, 3.63) is 76.9 Å². The van der Waals surface area contributed by atoms with E-state index >= 15 is 0 Å². The summed E-state index contributed by atoms with van der Waals surface area (Å²) >= 11 is 0. The lowest BCUT2D eigenvalue weighted by Crippen LogP contribution is -2.02. The first-order valence-electron chi connectivity index (χ1n) is 5.81. The Balaban J connectivity index is 1.81. The van der Waals surface area contributed by atoms with Gasteiger partial charge in [0, 0.05) is 17.1 Å². The third kappa shape index (κ3) is 1.06. The summed E-state index contributed by atoms with van der Waals surface area (Å²) in [7, 11) is 0. The summed E-state index contributed by atoms with van der Waals surface area (Å²) in [4.78, 5) is 12.2. The molecule has 0 radical (unpaired) electrons. The van der Waals surface area contributed by atoms with Gasteiger partial charge in [-0.1, -0.05) is 54.6 Å². The molecule has 0 amide bonds. The van der Waals surface area contributed by atoms with Gasteiger partial charge in [-0.2, -0.15) is 0 Å². The van der Waals surface area contributed by atoms with Gasteiger partial charge in [-0.3, -0.25) is 4.79 Å². The van der Waals surface area contributed by atoms with Crippen molar-refractivity contribution in [1.29, 1.82) is 0 Å². The summed E-state index contributed by atoms with van der Waals surface area (Å²) in [6.45, 7) is 0. The molecule has 1 atom stereocenters. The lowest BCUT2D eigenvalue weighted by atomic mass is 9.93. The molecule has 0 aromatic heterocycles. The maximum absolute atomic E-state index is 12.2. The van der Waals surface area contributed by atoms with Gasteiger partial charge >= 0.3 is 0 Å². The third-order valence-electron chi connectivity index (χ3n) is 3.62. The number of rotatable bonds is 1. The van der Waals surface area contributed by atoms with E-state index in [1.807, 2.05) is 36.4 Å². The molecule has 80 valence electrons. The maximum atomic E-state index is 12.2. The Morgan fingerprint density at radius 3 is 2.12 bits per heavy atom. The van der Waals surface area contributed by atoms with E-state index in [2.05, 4.69) is 18.2 Å². The molecule has 1 heteroatoms. The molecule has 0 spiro atoms. The van der Waals surface area contributed by atoms with E-state index < -0.39 is 0 Å². The van der Waals surface area contributed by atoms with Crippen molar-refractivity contribution in [3.63, 3.8) is 0 Å². The molecule has 1 nitrogen and oxygen atoms in total. The standard InChI is InChI=1S/C16H10O/c17-16-12-9-5-4-8-11(12)14-13(15(14)16)10-6-2-1-3-7-10/h1-9,13H. The van der Waals surface area contributed by atoms with Crippen LogP contribution in [0.15, 0.2) is 60.2 Å². The molecule has 0 bridgehead atoms. The number of Topliss-reactive ketones (excluding diaryl/α,β-unsaturated/α-hetero) is 1. The molecular formula is C16H10O. The Bertz CT molecular complexity index is 665. The minimum atomic E-state index is 0.226. The van der Waals surface area contributed by atoms with E-state index in [4.69, 9.17) is 0 Å². The zero-order valence-electron chi connectivity index (χ0n) is 9.18. The highest BCUT2D eigenvalue weighted by Gasteiger charge is 2.49. The minimum Gasteiger partial charge on any atom is -0.289 e. The third-order valence-corrected chi connectivity index (χ3v) is 3.62. The summed E-state index contributed by atoms with van der Waals surface area (Å²) in [5.41, 5.74) is 5.51. The van der Waals surface area contributed by atoms with Crippen molar-refractivity contribution in [2.75, 3.05) is 0 Å². The number of ketones is 1. The van der Waals surface area contributed by atoms with Crippen LogP contribution in [-0.2, 0) is 0 Å². The van der Waals surface area contributed by atoms with Gasteiger partial charge in [0.15, 0.2) is 5.78 Å². The van der Waals surface area contributed by atoms with Crippen molar-refractivity contribution in [2.45, 2.75) is 5.92 Å². The summed E-state index contributed by atoms with van der Waals surface area (Å²) in [6, 6.07) is 18.2. The molecule has 2 aliphatic rings. The fourth-order valence-electron chi connectivity index (χ4n) is 2.82. The maximum Gasteiger partial charge on any atom is 0.190 e. The van der Waals surface area contributed by atoms with Crippen molar-refractivity contribution >= 4 is 11.4 Å². The van der Waals surface area contributed by atoms with E-state index in [1.165, 1.54) is 11.1 Å². The van der Waals surface area contributed by atoms with E-state index in [0.717, 1.165) is 16.7 Å². The van der Waals surface area contributed by atoms with Crippen molar-refractivity contribution in [2.24, 2.45) is 0 Å². The van der Waals surface area contributed by atoms with Crippen LogP contribution in [0.5, 0.6) is 0 Å². The van der Waals surface area contributed by atoms with Crippen LogP contribution in [0.4, 0.5) is 0 Å². The molecule has 17 heavy (non-hydrogen) atoms. The molecule has 0 aliphatic heterocycles. The van der Waals surface area contributed by atoms with E-state index in [9.17, 15) is 4.79 Å². The molecule has 0 N–H and O–H groups in total. The zero-order valence-corrected chi connectivity index (χ0v) is 9.18. The van der Waals surface area contributed by atoms with Gasteiger partial charge in [0.05, 0.1) is 0 Å². The van der Waals surface area contributed by atoms with E-state index in [0.29, 0.717) is 0 Å². The van der Waals surface area contributed by atoms with Gasteiger partial charge in [-0.25, -0.2) is 0 Å². The minimum absolute atomic E-state index is 0.226. The Hall–Kier alpha value is -2.15. The highest BCUT2D eigenvalue weighted by molar-refractivity contribution is 6.30. The first-order chi connectivity index (χ1) is 8.38. The van der Waals surface area contributed by atoms with Crippen LogP contribution in [-0.4, -0.2) is 5.78 Å². The molecule has 4 rings (SSSR count). The van der Waals surface area contributed by atoms with Crippen LogP contribution in [0.1, 0.15) is 27.4 Å². The predicted octanol–water partition coefficient (Wildman–Crippen LogP) is 3.43. The molecular weight excluding hydrogens is 208 g/mol. The largest absolute Gasteiger partial charge is 0.289 e. The van der Waals surface area contributed by atoms with Gasteiger partial charge in [0.1, 0.15) is 0 Å². The Kier molecular flexibility index (Phi) is 1.55. The highest BCUT2D eigenvalue weighted by Crippen LogP contribution is 2.60. The van der Waals surface area contributed by atoms with Crippen molar-refractivity contribution in [1.82, 2.24) is 0 Å². The van der Waals surface area contributed by atoms with Gasteiger partial charge < -0.3 is 0 Å². The summed E-state index contributed by atoms with van der Waals surface area (Å²) in [5.74, 6) is 0.489. The lowest BCUT2D eigenvalue weighted by Gasteiger charge is -2.08. The lowest BCUT2D eigenvalue weighted by molar-refractivity contribution is 0.103. The second-order valence-corrected chi connectivity index (χ2v) is 4.55. The van der Waals surface area contributed by atoms with E-state index in [1.54, 1.807) is 0 Å². The molecule has 0 fully saturated rings. The van der Waals surface area contributed by atoms with Gasteiger partial charge in [0.25, 0.3) is 0 Å². The molecule has 0 saturated heterocycles. The van der Waals surface area contributed by atoms with Crippen LogP contribution in [0, 0.1) is 0 Å². The average molecular weight is 218 g/mol. The van der Waals surface area contributed by atoms with Crippen molar-refractivity contribution in [3.8, 4) is 0 Å². The molecule has 1 unspecified atom stereocenters. The molecule has 2 aliphatic carbocycles. The molecule has 0 saturated carbocycles.